The Morgan fingerprint density at radius 1 is 1.53 bits per heavy atom. The lowest BCUT2D eigenvalue weighted by molar-refractivity contribution is 0.368. The van der Waals surface area contributed by atoms with Gasteiger partial charge in [0.2, 0.25) is 0 Å². The van der Waals surface area contributed by atoms with Crippen LogP contribution in [0.2, 0.25) is 0 Å². The van der Waals surface area contributed by atoms with E-state index in [-0.39, 0.29) is 6.61 Å². The predicted molar refractivity (Wildman–Crippen MR) is 68.0 cm³/mol. The number of hydrogen-bond donors (Lipinski definition) is 1. The highest BCUT2D eigenvalue weighted by Crippen LogP contribution is 2.34. The van der Waals surface area contributed by atoms with Crippen LogP contribution in [0.25, 0.3) is 0 Å². The van der Waals surface area contributed by atoms with Gasteiger partial charge in [-0.1, -0.05) is 18.9 Å². The van der Waals surface area contributed by atoms with Crippen molar-refractivity contribution >= 4 is 5.69 Å². The van der Waals surface area contributed by atoms with Crippen LogP contribution in [0.1, 0.15) is 26.2 Å². The lowest BCUT2D eigenvalue weighted by atomic mass is 10.1. The molecule has 0 saturated heterocycles. The average Bonchev–Trinajstić information content (AvgIpc) is 3.10. The summed E-state index contributed by atoms with van der Waals surface area (Å²) in [5.41, 5.74) is 1.06. The standard InChI is InChI=1S/C14H18N2O/c1-11(9-12-5-6-12)16-13-3-2-4-14(10-13)17-8-7-15/h2-4,10-12,16H,5-6,8-9H2,1H3. The van der Waals surface area contributed by atoms with E-state index in [1.165, 1.54) is 19.3 Å². The Balaban J connectivity index is 1.88. The molecule has 1 atom stereocenters. The molecule has 2 rings (SSSR count). The van der Waals surface area contributed by atoms with Crippen LogP contribution in [0.15, 0.2) is 24.3 Å². The highest BCUT2D eigenvalue weighted by molar-refractivity contribution is 5.48. The largest absolute Gasteiger partial charge is 0.479 e. The van der Waals surface area contributed by atoms with Crippen molar-refractivity contribution in [1.29, 1.82) is 5.26 Å². The van der Waals surface area contributed by atoms with Gasteiger partial charge < -0.3 is 10.1 Å². The van der Waals surface area contributed by atoms with Crippen LogP contribution >= 0.6 is 0 Å². The van der Waals surface area contributed by atoms with E-state index < -0.39 is 0 Å². The first kappa shape index (κ1) is 11.8. The van der Waals surface area contributed by atoms with Gasteiger partial charge in [-0.2, -0.15) is 5.26 Å². The number of ether oxygens (including phenoxy) is 1. The molecule has 3 nitrogen and oxygen atoms in total. The van der Waals surface area contributed by atoms with E-state index >= 15 is 0 Å². The van der Waals surface area contributed by atoms with Crippen LogP contribution in [0.4, 0.5) is 5.69 Å². The van der Waals surface area contributed by atoms with E-state index in [4.69, 9.17) is 10.00 Å². The summed E-state index contributed by atoms with van der Waals surface area (Å²) in [6.45, 7) is 2.31. The molecule has 1 fully saturated rings. The van der Waals surface area contributed by atoms with Crippen molar-refractivity contribution in [3.05, 3.63) is 24.3 Å². The molecule has 1 N–H and O–H groups in total. The van der Waals surface area contributed by atoms with Crippen molar-refractivity contribution in [3.63, 3.8) is 0 Å². The molecule has 3 heteroatoms. The number of nitriles is 1. The van der Waals surface area contributed by atoms with Gasteiger partial charge in [-0.25, -0.2) is 0 Å². The van der Waals surface area contributed by atoms with E-state index in [9.17, 15) is 0 Å². The monoisotopic (exact) mass is 230 g/mol. The molecule has 17 heavy (non-hydrogen) atoms. The van der Waals surface area contributed by atoms with E-state index in [0.29, 0.717) is 6.04 Å². The number of anilines is 1. The van der Waals surface area contributed by atoms with Crippen LogP contribution in [-0.2, 0) is 0 Å². The van der Waals surface area contributed by atoms with Gasteiger partial charge in [-0.3, -0.25) is 0 Å². The Morgan fingerprint density at radius 3 is 3.06 bits per heavy atom. The minimum atomic E-state index is 0.0983. The van der Waals surface area contributed by atoms with Gasteiger partial charge in [0.25, 0.3) is 0 Å². The van der Waals surface area contributed by atoms with Gasteiger partial charge >= 0.3 is 0 Å². The molecule has 1 unspecified atom stereocenters. The quantitative estimate of drug-likeness (QED) is 0.816. The number of nitrogens with zero attached hydrogens (tertiary/aromatic N) is 1. The first-order chi connectivity index (χ1) is 8.28. The number of hydrogen-bond acceptors (Lipinski definition) is 3. The van der Waals surface area contributed by atoms with Crippen molar-refractivity contribution in [2.45, 2.75) is 32.2 Å². The fourth-order valence-electron chi connectivity index (χ4n) is 1.99. The molecular formula is C14H18N2O. The molecule has 0 bridgehead atoms. The van der Waals surface area contributed by atoms with Crippen molar-refractivity contribution < 1.29 is 4.74 Å². The maximum Gasteiger partial charge on any atom is 0.174 e. The van der Waals surface area contributed by atoms with E-state index in [0.717, 1.165) is 17.4 Å². The summed E-state index contributed by atoms with van der Waals surface area (Å²) in [5, 5.41) is 11.9. The third-order valence-electron chi connectivity index (χ3n) is 2.93. The zero-order valence-corrected chi connectivity index (χ0v) is 10.1. The summed E-state index contributed by atoms with van der Waals surface area (Å²) >= 11 is 0. The molecule has 1 aliphatic rings. The zero-order chi connectivity index (χ0) is 12.1. The van der Waals surface area contributed by atoms with E-state index in [1.807, 2.05) is 30.3 Å². The summed E-state index contributed by atoms with van der Waals surface area (Å²) in [4.78, 5) is 0. The fraction of sp³-hybridized carbons (Fsp3) is 0.500. The average molecular weight is 230 g/mol. The summed E-state index contributed by atoms with van der Waals surface area (Å²) in [6, 6.07) is 10.3. The second kappa shape index (κ2) is 5.58. The molecule has 1 aromatic rings. The third kappa shape index (κ3) is 3.99. The van der Waals surface area contributed by atoms with Crippen molar-refractivity contribution in [2.24, 2.45) is 5.92 Å². The van der Waals surface area contributed by atoms with Crippen LogP contribution in [0.3, 0.4) is 0 Å². The third-order valence-corrected chi connectivity index (χ3v) is 2.93. The Hall–Kier alpha value is -1.69. The highest BCUT2D eigenvalue weighted by atomic mass is 16.5. The SMILES string of the molecule is CC(CC1CC1)Nc1cccc(OCC#N)c1. The molecular weight excluding hydrogens is 212 g/mol. The second-order valence-corrected chi connectivity index (χ2v) is 4.70. The van der Waals surface area contributed by atoms with Gasteiger partial charge in [0.05, 0.1) is 0 Å². The molecule has 1 aliphatic carbocycles. The lowest BCUT2D eigenvalue weighted by Crippen LogP contribution is -2.15. The van der Waals surface area contributed by atoms with Crippen molar-refractivity contribution in [2.75, 3.05) is 11.9 Å². The Labute approximate surface area is 102 Å². The maximum absolute atomic E-state index is 8.46. The minimum Gasteiger partial charge on any atom is -0.479 e. The van der Waals surface area contributed by atoms with E-state index in [2.05, 4.69) is 12.2 Å². The fourth-order valence-corrected chi connectivity index (χ4v) is 1.99. The molecule has 90 valence electrons. The Morgan fingerprint density at radius 2 is 2.35 bits per heavy atom. The second-order valence-electron chi connectivity index (χ2n) is 4.70. The summed E-state index contributed by atoms with van der Waals surface area (Å²) < 4.78 is 5.27. The van der Waals surface area contributed by atoms with Gasteiger partial charge in [0.1, 0.15) is 11.8 Å². The smallest absolute Gasteiger partial charge is 0.174 e. The maximum atomic E-state index is 8.46. The molecule has 0 radical (unpaired) electrons. The van der Waals surface area contributed by atoms with Crippen molar-refractivity contribution in [3.8, 4) is 11.8 Å². The van der Waals surface area contributed by atoms with Gasteiger partial charge in [-0.15, -0.1) is 0 Å². The van der Waals surface area contributed by atoms with Crippen LogP contribution in [0.5, 0.6) is 5.75 Å². The highest BCUT2D eigenvalue weighted by Gasteiger charge is 2.23. The molecule has 0 heterocycles. The molecule has 0 aromatic heterocycles. The Kier molecular flexibility index (Phi) is 3.87. The number of benzene rings is 1. The summed E-state index contributed by atoms with van der Waals surface area (Å²) in [5.74, 6) is 1.67. The summed E-state index contributed by atoms with van der Waals surface area (Å²) in [7, 11) is 0. The molecule has 1 saturated carbocycles. The van der Waals surface area contributed by atoms with Crippen LogP contribution in [-0.4, -0.2) is 12.6 Å². The molecule has 1 aromatic carbocycles. The minimum absolute atomic E-state index is 0.0983. The van der Waals surface area contributed by atoms with Crippen LogP contribution in [0, 0.1) is 17.2 Å². The van der Waals surface area contributed by atoms with Gasteiger partial charge in [0, 0.05) is 17.8 Å². The zero-order valence-electron chi connectivity index (χ0n) is 10.1. The lowest BCUT2D eigenvalue weighted by Gasteiger charge is -2.15. The summed E-state index contributed by atoms with van der Waals surface area (Å²) in [6.07, 6.45) is 4.01. The van der Waals surface area contributed by atoms with E-state index in [1.54, 1.807) is 0 Å². The van der Waals surface area contributed by atoms with Gasteiger partial charge in [0.15, 0.2) is 6.61 Å². The first-order valence-electron chi connectivity index (χ1n) is 6.14. The normalized spacial score (nSPS) is 16.0. The predicted octanol–water partition coefficient (Wildman–Crippen LogP) is 3.19. The molecule has 0 amide bonds. The topological polar surface area (TPSA) is 45.0 Å². The first-order valence-corrected chi connectivity index (χ1v) is 6.14. The van der Waals surface area contributed by atoms with Crippen molar-refractivity contribution in [1.82, 2.24) is 0 Å². The van der Waals surface area contributed by atoms with Crippen LogP contribution < -0.4 is 10.1 Å². The molecule has 0 aliphatic heterocycles. The Bertz CT molecular complexity index is 407. The molecule has 0 spiro atoms. The number of rotatable bonds is 6. The number of nitrogens with one attached hydrogen (secondary N) is 1. The van der Waals surface area contributed by atoms with Gasteiger partial charge in [-0.05, 0) is 31.4 Å².